The molecule has 1 aliphatic heterocycles. The monoisotopic (exact) mass is 396 g/mol. The Morgan fingerprint density at radius 2 is 1.93 bits per heavy atom. The van der Waals surface area contributed by atoms with Gasteiger partial charge >= 0.3 is 0 Å². The Morgan fingerprint density at radius 3 is 2.72 bits per heavy atom. The normalized spacial score (nSPS) is 20.9. The minimum absolute atomic E-state index is 0.0202. The van der Waals surface area contributed by atoms with Crippen molar-refractivity contribution in [1.82, 2.24) is 10.2 Å². The number of benzene rings is 2. The van der Waals surface area contributed by atoms with Crippen molar-refractivity contribution >= 4 is 5.91 Å². The van der Waals surface area contributed by atoms with E-state index in [1.807, 2.05) is 29.2 Å². The summed E-state index contributed by atoms with van der Waals surface area (Å²) in [5, 5.41) is 13.8. The smallest absolute Gasteiger partial charge is 0.237 e. The van der Waals surface area contributed by atoms with Crippen LogP contribution in [0.3, 0.4) is 0 Å². The second-order valence-electron chi connectivity index (χ2n) is 8.38. The molecule has 4 rings (SSSR count). The Bertz CT molecular complexity index is 863. The van der Waals surface area contributed by atoms with Crippen LogP contribution in [0.2, 0.25) is 0 Å². The molecule has 154 valence electrons. The Hall–Kier alpha value is -2.24. The van der Waals surface area contributed by atoms with Crippen molar-refractivity contribution < 1.29 is 14.3 Å². The molecule has 1 saturated carbocycles. The summed E-state index contributed by atoms with van der Waals surface area (Å²) < 4.78 is 13.9. The molecule has 2 aromatic rings. The Balaban J connectivity index is 1.51. The zero-order valence-corrected chi connectivity index (χ0v) is 16.7. The molecule has 0 bridgehead atoms. The fraction of sp³-hybridized carbons (Fsp3) is 0.458. The van der Waals surface area contributed by atoms with Crippen LogP contribution in [0.25, 0.3) is 0 Å². The van der Waals surface area contributed by atoms with Crippen molar-refractivity contribution in [3.63, 3.8) is 0 Å². The average molecular weight is 397 g/mol. The van der Waals surface area contributed by atoms with Gasteiger partial charge in [0.05, 0.1) is 18.2 Å². The summed E-state index contributed by atoms with van der Waals surface area (Å²) >= 11 is 0. The van der Waals surface area contributed by atoms with Gasteiger partial charge in [0, 0.05) is 13.1 Å². The maximum atomic E-state index is 13.9. The third-order valence-corrected chi connectivity index (χ3v) is 6.28. The molecule has 1 heterocycles. The van der Waals surface area contributed by atoms with Crippen LogP contribution in [0.1, 0.15) is 54.8 Å². The van der Waals surface area contributed by atoms with Crippen LogP contribution in [0.4, 0.5) is 4.39 Å². The van der Waals surface area contributed by atoms with Gasteiger partial charge in [-0.25, -0.2) is 4.39 Å². The van der Waals surface area contributed by atoms with Crippen molar-refractivity contribution in [3.8, 4) is 0 Å². The van der Waals surface area contributed by atoms with Gasteiger partial charge in [0.15, 0.2) is 0 Å². The molecule has 2 aliphatic rings. The minimum Gasteiger partial charge on any atom is -0.389 e. The molecule has 1 atom stereocenters. The van der Waals surface area contributed by atoms with E-state index in [0.717, 1.165) is 43.2 Å². The van der Waals surface area contributed by atoms with Gasteiger partial charge in [-0.3, -0.25) is 4.79 Å². The molecule has 1 aliphatic carbocycles. The van der Waals surface area contributed by atoms with Crippen LogP contribution in [-0.2, 0) is 11.2 Å². The van der Waals surface area contributed by atoms with E-state index >= 15 is 0 Å². The molecule has 5 heteroatoms. The van der Waals surface area contributed by atoms with Gasteiger partial charge in [0.25, 0.3) is 0 Å². The Kier molecular flexibility index (Phi) is 5.97. The van der Waals surface area contributed by atoms with Gasteiger partial charge in [-0.15, -0.1) is 0 Å². The first-order valence-electron chi connectivity index (χ1n) is 10.6. The molecule has 0 spiro atoms. The first-order chi connectivity index (χ1) is 14.1. The summed E-state index contributed by atoms with van der Waals surface area (Å²) in [4.78, 5) is 15.0. The highest BCUT2D eigenvalue weighted by Gasteiger charge is 2.33. The van der Waals surface area contributed by atoms with Crippen LogP contribution in [0, 0.1) is 5.82 Å². The molecule has 1 fully saturated rings. The zero-order chi connectivity index (χ0) is 20.3. The molecule has 4 nitrogen and oxygen atoms in total. The number of nitrogens with one attached hydrogen (secondary N) is 1. The van der Waals surface area contributed by atoms with Crippen LogP contribution in [0.15, 0.2) is 48.5 Å². The van der Waals surface area contributed by atoms with E-state index in [1.54, 1.807) is 6.07 Å². The molecule has 1 unspecified atom stereocenters. The Morgan fingerprint density at radius 1 is 1.14 bits per heavy atom. The molecule has 1 amide bonds. The number of hydrogen-bond donors (Lipinski definition) is 2. The van der Waals surface area contributed by atoms with Crippen LogP contribution in [-0.4, -0.2) is 41.1 Å². The van der Waals surface area contributed by atoms with Gasteiger partial charge in [-0.05, 0) is 48.1 Å². The topological polar surface area (TPSA) is 52.6 Å². The van der Waals surface area contributed by atoms with Crippen LogP contribution in [0.5, 0.6) is 0 Å². The van der Waals surface area contributed by atoms with Crippen LogP contribution >= 0.6 is 0 Å². The van der Waals surface area contributed by atoms with E-state index in [9.17, 15) is 14.3 Å². The highest BCUT2D eigenvalue weighted by Crippen LogP contribution is 2.35. The van der Waals surface area contributed by atoms with Gasteiger partial charge in [-0.2, -0.15) is 0 Å². The van der Waals surface area contributed by atoms with Crippen molar-refractivity contribution in [2.24, 2.45) is 0 Å². The van der Waals surface area contributed by atoms with Crippen LogP contribution < -0.4 is 5.32 Å². The van der Waals surface area contributed by atoms with E-state index in [2.05, 4.69) is 11.4 Å². The van der Waals surface area contributed by atoms with Crippen molar-refractivity contribution in [2.75, 3.05) is 19.6 Å². The third kappa shape index (κ3) is 4.51. The van der Waals surface area contributed by atoms with Gasteiger partial charge < -0.3 is 15.3 Å². The first kappa shape index (κ1) is 20.0. The molecular formula is C24H29FN2O2. The number of halogens is 1. The number of carbonyl (C=O) groups excluding carboxylic acids is 1. The number of carbonyl (C=O) groups is 1. The van der Waals surface area contributed by atoms with E-state index < -0.39 is 5.60 Å². The predicted molar refractivity (Wildman–Crippen MR) is 111 cm³/mol. The summed E-state index contributed by atoms with van der Waals surface area (Å²) in [7, 11) is 0. The molecule has 2 N–H and O–H groups in total. The maximum absolute atomic E-state index is 13.9. The minimum atomic E-state index is -0.699. The molecule has 0 saturated heterocycles. The summed E-state index contributed by atoms with van der Waals surface area (Å²) in [6, 6.07) is 14.3. The van der Waals surface area contributed by atoms with Crippen molar-refractivity contribution in [3.05, 3.63) is 71.0 Å². The van der Waals surface area contributed by atoms with Gasteiger partial charge in [0.2, 0.25) is 5.91 Å². The number of aliphatic hydroxyl groups is 1. The van der Waals surface area contributed by atoms with E-state index in [1.165, 1.54) is 24.1 Å². The SMILES string of the molecule is O=C(CNCC1(O)CCCCC1)N1CCc2ccccc2C1c1cccc(F)c1. The molecule has 2 aromatic carbocycles. The lowest BCUT2D eigenvalue weighted by atomic mass is 9.85. The second kappa shape index (κ2) is 8.64. The van der Waals surface area contributed by atoms with E-state index in [0.29, 0.717) is 13.1 Å². The maximum Gasteiger partial charge on any atom is 0.237 e. The second-order valence-corrected chi connectivity index (χ2v) is 8.38. The zero-order valence-electron chi connectivity index (χ0n) is 16.7. The Labute approximate surface area is 171 Å². The summed E-state index contributed by atoms with van der Waals surface area (Å²) in [6.45, 7) is 1.22. The fourth-order valence-corrected chi connectivity index (χ4v) is 4.76. The standard InChI is InChI=1S/C24H29FN2O2/c25-20-9-6-8-19(15-20)23-21-10-3-2-7-18(21)11-14-27(23)22(28)16-26-17-24(29)12-4-1-5-13-24/h2-3,6-10,15,23,26,29H,1,4-5,11-14,16-17H2. The average Bonchev–Trinajstić information content (AvgIpc) is 2.73. The summed E-state index contributed by atoms with van der Waals surface area (Å²) in [5.74, 6) is -0.316. The van der Waals surface area contributed by atoms with Gasteiger partial charge in [-0.1, -0.05) is 55.7 Å². The molecular weight excluding hydrogens is 367 g/mol. The predicted octanol–water partition coefficient (Wildman–Crippen LogP) is 3.58. The lowest BCUT2D eigenvalue weighted by Gasteiger charge is -2.38. The molecule has 0 radical (unpaired) electrons. The number of nitrogens with zero attached hydrogens (tertiary/aromatic N) is 1. The number of fused-ring (bicyclic) bond motifs is 1. The van der Waals surface area contributed by atoms with Crippen molar-refractivity contribution in [2.45, 2.75) is 50.2 Å². The van der Waals surface area contributed by atoms with E-state index in [4.69, 9.17) is 0 Å². The highest BCUT2D eigenvalue weighted by molar-refractivity contribution is 5.79. The summed E-state index contributed by atoms with van der Waals surface area (Å²) in [6.07, 6.45) is 5.61. The first-order valence-corrected chi connectivity index (χ1v) is 10.6. The highest BCUT2D eigenvalue weighted by atomic mass is 19.1. The quantitative estimate of drug-likeness (QED) is 0.812. The van der Waals surface area contributed by atoms with Crippen molar-refractivity contribution in [1.29, 1.82) is 0 Å². The third-order valence-electron chi connectivity index (χ3n) is 6.28. The largest absolute Gasteiger partial charge is 0.389 e. The lowest BCUT2D eigenvalue weighted by molar-refractivity contribution is -0.132. The van der Waals surface area contributed by atoms with Gasteiger partial charge in [0.1, 0.15) is 5.82 Å². The lowest BCUT2D eigenvalue weighted by Crippen LogP contribution is -2.48. The molecule has 0 aromatic heterocycles. The number of rotatable bonds is 5. The van der Waals surface area contributed by atoms with E-state index in [-0.39, 0.29) is 24.3 Å². The molecule has 29 heavy (non-hydrogen) atoms. The number of hydrogen-bond acceptors (Lipinski definition) is 3. The number of amides is 1. The summed E-state index contributed by atoms with van der Waals surface area (Å²) in [5.41, 5.74) is 2.35. The fourth-order valence-electron chi connectivity index (χ4n) is 4.76.